The molecule has 0 saturated carbocycles. The van der Waals surface area contributed by atoms with Gasteiger partial charge in [-0.05, 0) is 31.9 Å². The molecule has 0 amide bonds. The topological polar surface area (TPSA) is 12.5 Å². The minimum atomic E-state index is -0.224. The molecule has 1 aliphatic heterocycles. The third-order valence-electron chi connectivity index (χ3n) is 3.77. The summed E-state index contributed by atoms with van der Waals surface area (Å²) in [4.78, 5) is 0. The number of hydrogen-bond donors (Lipinski definition) is 0. The summed E-state index contributed by atoms with van der Waals surface area (Å²) in [5.41, 5.74) is 4.86. The molecule has 1 aliphatic rings. The lowest BCUT2D eigenvalue weighted by Gasteiger charge is -2.15. The van der Waals surface area contributed by atoms with Crippen LogP contribution < -0.4 is 0 Å². The van der Waals surface area contributed by atoms with E-state index in [1.165, 1.54) is 22.3 Å². The lowest BCUT2D eigenvalue weighted by Crippen LogP contribution is -2.14. The van der Waals surface area contributed by atoms with Gasteiger partial charge in [-0.3, -0.25) is 0 Å². The Morgan fingerprint density at radius 3 is 1.29 bits per heavy atom. The molecule has 0 N–H and O–H groups in total. The average Bonchev–Trinajstić information content (AvgIpc) is 3.33. The first-order chi connectivity index (χ1) is 11.6. The molecule has 0 radical (unpaired) electrons. The number of epoxide rings is 1. The molecule has 2 aromatic rings. The normalized spacial score (nSPS) is 16.3. The Labute approximate surface area is 150 Å². The van der Waals surface area contributed by atoms with Gasteiger partial charge in [0.25, 0.3) is 0 Å². The molecule has 0 aliphatic carbocycles. The lowest BCUT2D eigenvalue weighted by molar-refractivity contribution is 0.332. The second kappa shape index (κ2) is 11.0. The minimum Gasteiger partial charge on any atom is -0.356 e. The fraction of sp³-hybridized carbons (Fsp3) is 0.478. The van der Waals surface area contributed by atoms with E-state index < -0.39 is 0 Å². The van der Waals surface area contributed by atoms with E-state index in [2.05, 4.69) is 69.3 Å². The zero-order valence-electron chi connectivity index (χ0n) is 17.1. The molecular weight excluding hydrogens is 292 g/mol. The maximum atomic E-state index is 5.99. The van der Waals surface area contributed by atoms with Gasteiger partial charge in [-0.2, -0.15) is 0 Å². The first-order valence-corrected chi connectivity index (χ1v) is 9.45. The highest BCUT2D eigenvalue weighted by molar-refractivity contribution is 5.45. The lowest BCUT2D eigenvalue weighted by atomic mass is 9.87. The summed E-state index contributed by atoms with van der Waals surface area (Å²) < 4.78 is 5.99. The maximum Gasteiger partial charge on any atom is 0.144 e. The number of benzene rings is 2. The molecule has 2 aromatic carbocycles. The molecule has 0 spiro atoms. The SMILES string of the molecule is CC.CC.CC.Cc1cccc(C2(c3cccc(C)c3)OC2C)c1. The molecule has 1 heterocycles. The van der Waals surface area contributed by atoms with Crippen LogP contribution in [-0.4, -0.2) is 6.10 Å². The molecule has 134 valence electrons. The highest BCUT2D eigenvalue weighted by Crippen LogP contribution is 2.51. The molecule has 1 heteroatoms. The van der Waals surface area contributed by atoms with E-state index >= 15 is 0 Å². The molecule has 1 fully saturated rings. The quantitative estimate of drug-likeness (QED) is 0.538. The van der Waals surface area contributed by atoms with Crippen molar-refractivity contribution in [1.82, 2.24) is 0 Å². The second-order valence-electron chi connectivity index (χ2n) is 5.23. The Balaban J connectivity index is 0.000000798. The Kier molecular flexibility index (Phi) is 10.3. The van der Waals surface area contributed by atoms with Crippen LogP contribution in [0, 0.1) is 13.8 Å². The van der Waals surface area contributed by atoms with Crippen molar-refractivity contribution < 1.29 is 4.74 Å². The Morgan fingerprint density at radius 2 is 1.04 bits per heavy atom. The summed E-state index contributed by atoms with van der Waals surface area (Å²) >= 11 is 0. The summed E-state index contributed by atoms with van der Waals surface area (Å²) in [6, 6.07) is 17.3. The summed E-state index contributed by atoms with van der Waals surface area (Å²) in [5, 5.41) is 0. The molecule has 0 aromatic heterocycles. The van der Waals surface area contributed by atoms with Crippen LogP contribution >= 0.6 is 0 Å². The standard InChI is InChI=1S/C17H18O.3C2H6/c1-12-6-4-8-15(10-12)17(14(3)18-17)16-9-5-7-13(2)11-16;3*1-2/h4-11,14H,1-3H3;3*1-2H3. The molecule has 3 rings (SSSR count). The highest BCUT2D eigenvalue weighted by atomic mass is 16.6. The molecule has 1 unspecified atom stereocenters. The Morgan fingerprint density at radius 1 is 0.708 bits per heavy atom. The summed E-state index contributed by atoms with van der Waals surface area (Å²) in [6.45, 7) is 18.4. The smallest absolute Gasteiger partial charge is 0.144 e. The van der Waals surface area contributed by atoms with E-state index in [4.69, 9.17) is 4.74 Å². The third-order valence-corrected chi connectivity index (χ3v) is 3.77. The van der Waals surface area contributed by atoms with Gasteiger partial charge in [0.05, 0.1) is 6.10 Å². The number of hydrogen-bond acceptors (Lipinski definition) is 1. The highest BCUT2D eigenvalue weighted by Gasteiger charge is 2.56. The zero-order valence-corrected chi connectivity index (χ0v) is 17.1. The van der Waals surface area contributed by atoms with E-state index in [-0.39, 0.29) is 11.7 Å². The van der Waals surface area contributed by atoms with Gasteiger partial charge in [0, 0.05) is 0 Å². The van der Waals surface area contributed by atoms with Gasteiger partial charge in [-0.1, -0.05) is 101 Å². The summed E-state index contributed by atoms with van der Waals surface area (Å²) in [5.74, 6) is 0. The Bertz CT molecular complexity index is 541. The fourth-order valence-corrected chi connectivity index (χ4v) is 2.77. The average molecular weight is 329 g/mol. The second-order valence-corrected chi connectivity index (χ2v) is 5.23. The van der Waals surface area contributed by atoms with Gasteiger partial charge in [0.15, 0.2) is 0 Å². The first kappa shape index (κ1) is 22.4. The first-order valence-electron chi connectivity index (χ1n) is 9.45. The fourth-order valence-electron chi connectivity index (χ4n) is 2.77. The van der Waals surface area contributed by atoms with Crippen LogP contribution in [0.4, 0.5) is 0 Å². The van der Waals surface area contributed by atoms with Crippen molar-refractivity contribution in [2.75, 3.05) is 0 Å². The molecule has 1 nitrogen and oxygen atoms in total. The Hall–Kier alpha value is -1.60. The number of rotatable bonds is 2. The summed E-state index contributed by atoms with van der Waals surface area (Å²) in [7, 11) is 0. The van der Waals surface area contributed by atoms with Crippen LogP contribution in [0.15, 0.2) is 48.5 Å². The van der Waals surface area contributed by atoms with Crippen molar-refractivity contribution in [3.63, 3.8) is 0 Å². The molecule has 24 heavy (non-hydrogen) atoms. The minimum absolute atomic E-state index is 0.224. The van der Waals surface area contributed by atoms with Crippen molar-refractivity contribution in [1.29, 1.82) is 0 Å². The number of aryl methyl sites for hydroxylation is 2. The van der Waals surface area contributed by atoms with Crippen LogP contribution in [0.1, 0.15) is 70.7 Å². The van der Waals surface area contributed by atoms with Gasteiger partial charge in [0.1, 0.15) is 5.60 Å². The monoisotopic (exact) mass is 328 g/mol. The van der Waals surface area contributed by atoms with Gasteiger partial charge >= 0.3 is 0 Å². The van der Waals surface area contributed by atoms with E-state index in [0.717, 1.165) is 0 Å². The van der Waals surface area contributed by atoms with Crippen LogP contribution in [0.3, 0.4) is 0 Å². The maximum absolute atomic E-state index is 5.99. The van der Waals surface area contributed by atoms with Crippen LogP contribution in [-0.2, 0) is 10.3 Å². The van der Waals surface area contributed by atoms with Crippen molar-refractivity contribution >= 4 is 0 Å². The van der Waals surface area contributed by atoms with E-state index in [9.17, 15) is 0 Å². The van der Waals surface area contributed by atoms with E-state index in [1.54, 1.807) is 0 Å². The molecule has 0 bridgehead atoms. The molecule has 1 saturated heterocycles. The molecule has 1 atom stereocenters. The van der Waals surface area contributed by atoms with Crippen LogP contribution in [0.2, 0.25) is 0 Å². The number of ether oxygens (including phenoxy) is 1. The molecular formula is C23H36O. The van der Waals surface area contributed by atoms with Crippen LogP contribution in [0.25, 0.3) is 0 Å². The predicted molar refractivity (Wildman–Crippen MR) is 108 cm³/mol. The van der Waals surface area contributed by atoms with Crippen LogP contribution in [0.5, 0.6) is 0 Å². The van der Waals surface area contributed by atoms with Crippen molar-refractivity contribution in [2.24, 2.45) is 0 Å². The van der Waals surface area contributed by atoms with Gasteiger partial charge in [-0.25, -0.2) is 0 Å². The predicted octanol–water partition coefficient (Wildman–Crippen LogP) is 7.04. The third kappa shape index (κ3) is 4.95. The van der Waals surface area contributed by atoms with Gasteiger partial charge in [0.2, 0.25) is 0 Å². The van der Waals surface area contributed by atoms with E-state index in [0.29, 0.717) is 0 Å². The van der Waals surface area contributed by atoms with Gasteiger partial charge < -0.3 is 4.74 Å². The van der Waals surface area contributed by atoms with Crippen molar-refractivity contribution in [3.8, 4) is 0 Å². The van der Waals surface area contributed by atoms with E-state index in [1.807, 2.05) is 41.5 Å². The summed E-state index contributed by atoms with van der Waals surface area (Å²) in [6.07, 6.45) is 0.251. The zero-order chi connectivity index (χ0) is 18.8. The largest absolute Gasteiger partial charge is 0.356 e. The van der Waals surface area contributed by atoms with Crippen molar-refractivity contribution in [2.45, 2.75) is 74.0 Å². The van der Waals surface area contributed by atoms with Gasteiger partial charge in [-0.15, -0.1) is 0 Å². The van der Waals surface area contributed by atoms with Crippen molar-refractivity contribution in [3.05, 3.63) is 70.8 Å².